The third-order valence-corrected chi connectivity index (χ3v) is 3.21. The first kappa shape index (κ1) is 17.0. The van der Waals surface area contributed by atoms with Gasteiger partial charge in [-0.15, -0.1) is 0 Å². The quantitative estimate of drug-likeness (QED) is 0.731. The molecule has 1 aromatic rings. The Bertz CT molecular complexity index is 339. The third kappa shape index (κ3) is 3.50. The maximum absolute atomic E-state index is 12.9. The van der Waals surface area contributed by atoms with E-state index >= 15 is 0 Å². The van der Waals surface area contributed by atoms with Crippen molar-refractivity contribution in [2.75, 3.05) is 0 Å². The molecule has 16 heavy (non-hydrogen) atoms. The van der Waals surface area contributed by atoms with E-state index in [1.807, 2.05) is 0 Å². The number of halogens is 4. The molecule has 0 aliphatic carbocycles. The molecule has 84 valence electrons. The number of benzene rings is 1. The summed E-state index contributed by atoms with van der Waals surface area (Å²) in [6.45, 7) is -2.12. The van der Waals surface area contributed by atoms with Crippen molar-refractivity contribution in [2.24, 2.45) is 0 Å². The maximum Gasteiger partial charge on any atom is 1.00 e. The predicted molar refractivity (Wildman–Crippen MR) is 58.2 cm³/mol. The van der Waals surface area contributed by atoms with Crippen LogP contribution in [0.4, 0.5) is 12.9 Å². The summed E-state index contributed by atoms with van der Waals surface area (Å²) in [6, 6.07) is 5.88. The van der Waals surface area contributed by atoms with E-state index in [0.29, 0.717) is 5.02 Å². The van der Waals surface area contributed by atoms with Crippen molar-refractivity contribution in [1.82, 2.24) is 0 Å². The fourth-order valence-electron chi connectivity index (χ4n) is 1.46. The van der Waals surface area contributed by atoms with E-state index in [-0.39, 0.29) is 63.4 Å². The minimum atomic E-state index is -4.90. The zero-order valence-corrected chi connectivity index (χ0v) is 13.5. The zero-order chi connectivity index (χ0) is 11.7. The molecule has 0 spiro atoms. The van der Waals surface area contributed by atoms with E-state index in [4.69, 9.17) is 11.6 Å². The van der Waals surface area contributed by atoms with Crippen LogP contribution >= 0.6 is 11.6 Å². The number of hydrogen-bond acceptors (Lipinski definition) is 0. The Hall–Kier alpha value is 1.00. The minimum absolute atomic E-state index is 0. The van der Waals surface area contributed by atoms with E-state index < -0.39 is 12.3 Å². The van der Waals surface area contributed by atoms with Crippen LogP contribution in [0.2, 0.25) is 5.02 Å². The molecule has 0 N–H and O–H groups in total. The zero-order valence-electron chi connectivity index (χ0n) is 9.61. The van der Waals surface area contributed by atoms with Crippen molar-refractivity contribution in [2.45, 2.75) is 25.6 Å². The van der Waals surface area contributed by atoms with Crippen LogP contribution in [0, 0.1) is 0 Å². The summed E-state index contributed by atoms with van der Waals surface area (Å²) in [5, 5.41) is -1.28. The standard InChI is InChI=1S/C10H12BClF3.K/c1-3-10(2,11(13,14)15)8-4-6-9(12)7-5-8;/h4-7H,3H2,1-2H3;/q-1;+1/t10-;/m1./s1. The number of rotatable bonds is 3. The normalized spacial score (nSPS) is 15.1. The van der Waals surface area contributed by atoms with Crippen molar-refractivity contribution in [3.05, 3.63) is 34.9 Å². The summed E-state index contributed by atoms with van der Waals surface area (Å²) in [4.78, 5) is 0. The van der Waals surface area contributed by atoms with Crippen molar-refractivity contribution in [1.29, 1.82) is 0 Å². The average Bonchev–Trinajstić information content (AvgIpc) is 2.16. The van der Waals surface area contributed by atoms with Gasteiger partial charge >= 0.3 is 58.4 Å². The van der Waals surface area contributed by atoms with Crippen LogP contribution < -0.4 is 51.4 Å². The van der Waals surface area contributed by atoms with Gasteiger partial charge in [0.05, 0.1) is 0 Å². The molecule has 0 aliphatic rings. The smallest absolute Gasteiger partial charge is 0.448 e. The molecule has 1 rings (SSSR count). The van der Waals surface area contributed by atoms with Crippen LogP contribution in [0.3, 0.4) is 0 Å². The average molecular weight is 275 g/mol. The van der Waals surface area contributed by atoms with E-state index in [0.717, 1.165) is 0 Å². The summed E-state index contributed by atoms with van der Waals surface area (Å²) >= 11 is 5.64. The molecule has 1 atom stereocenters. The number of hydrogen-bond donors (Lipinski definition) is 0. The summed E-state index contributed by atoms with van der Waals surface area (Å²) in [5.74, 6) is 0. The fourth-order valence-corrected chi connectivity index (χ4v) is 1.58. The Balaban J connectivity index is 0.00000225. The second-order valence-corrected chi connectivity index (χ2v) is 4.29. The van der Waals surface area contributed by atoms with Crippen LogP contribution in [-0.2, 0) is 5.31 Å². The Kier molecular flexibility index (Phi) is 6.64. The van der Waals surface area contributed by atoms with Gasteiger partial charge in [0.2, 0.25) is 0 Å². The van der Waals surface area contributed by atoms with Gasteiger partial charge in [-0.1, -0.05) is 49.6 Å². The van der Waals surface area contributed by atoms with Crippen LogP contribution in [0.25, 0.3) is 0 Å². The van der Waals surface area contributed by atoms with Crippen molar-refractivity contribution in [3.8, 4) is 0 Å². The van der Waals surface area contributed by atoms with Crippen LogP contribution in [0.15, 0.2) is 24.3 Å². The van der Waals surface area contributed by atoms with Gasteiger partial charge in [-0.25, -0.2) is 0 Å². The molecule has 1 aromatic carbocycles. The van der Waals surface area contributed by atoms with E-state index in [2.05, 4.69) is 0 Å². The van der Waals surface area contributed by atoms with Gasteiger partial charge in [0.1, 0.15) is 0 Å². The maximum atomic E-state index is 12.9. The Morgan fingerprint density at radius 1 is 1.19 bits per heavy atom. The van der Waals surface area contributed by atoms with Gasteiger partial charge in [-0.05, 0) is 17.4 Å². The molecule has 0 saturated carbocycles. The predicted octanol–water partition coefficient (Wildman–Crippen LogP) is 1.40. The molecular weight excluding hydrogens is 262 g/mol. The topological polar surface area (TPSA) is 0 Å². The molecule has 0 unspecified atom stereocenters. The van der Waals surface area contributed by atoms with E-state index in [1.165, 1.54) is 31.2 Å². The molecule has 0 saturated heterocycles. The second-order valence-electron chi connectivity index (χ2n) is 3.85. The first-order valence-corrected chi connectivity index (χ1v) is 5.14. The molecule has 0 bridgehead atoms. The molecule has 0 amide bonds. The monoisotopic (exact) mass is 274 g/mol. The van der Waals surface area contributed by atoms with Gasteiger partial charge in [-0.3, -0.25) is 0 Å². The molecule has 0 heterocycles. The molecule has 6 heteroatoms. The molecular formula is C10H12BClF3K. The molecule has 0 radical (unpaired) electrons. The van der Waals surface area contributed by atoms with Crippen LogP contribution in [-0.4, -0.2) is 6.98 Å². The van der Waals surface area contributed by atoms with E-state index in [1.54, 1.807) is 6.92 Å². The van der Waals surface area contributed by atoms with Gasteiger partial charge in [0, 0.05) is 5.02 Å². The van der Waals surface area contributed by atoms with Gasteiger partial charge in [0.25, 0.3) is 0 Å². The van der Waals surface area contributed by atoms with Crippen molar-refractivity contribution < 1.29 is 64.3 Å². The molecule has 0 fully saturated rings. The molecule has 0 aliphatic heterocycles. The largest absolute Gasteiger partial charge is 1.00 e. The fraction of sp³-hybridized carbons (Fsp3) is 0.400. The second kappa shape index (κ2) is 6.25. The minimum Gasteiger partial charge on any atom is -0.448 e. The van der Waals surface area contributed by atoms with E-state index in [9.17, 15) is 12.9 Å². The van der Waals surface area contributed by atoms with Crippen molar-refractivity contribution >= 4 is 18.6 Å². The first-order chi connectivity index (χ1) is 6.81. The first-order valence-electron chi connectivity index (χ1n) is 4.76. The Morgan fingerprint density at radius 2 is 1.62 bits per heavy atom. The molecule has 0 aromatic heterocycles. The SMILES string of the molecule is CC[C@](C)(c1ccc(Cl)cc1)[B-](F)(F)F.[K+]. The van der Waals surface area contributed by atoms with Gasteiger partial charge in [0.15, 0.2) is 0 Å². The third-order valence-electron chi connectivity index (χ3n) is 2.96. The Morgan fingerprint density at radius 3 is 1.94 bits per heavy atom. The summed E-state index contributed by atoms with van der Waals surface area (Å²) in [5.41, 5.74) is 0.280. The summed E-state index contributed by atoms with van der Waals surface area (Å²) in [7, 11) is 0. The van der Waals surface area contributed by atoms with Crippen LogP contribution in [0.5, 0.6) is 0 Å². The summed E-state index contributed by atoms with van der Waals surface area (Å²) < 4.78 is 38.8. The van der Waals surface area contributed by atoms with Crippen molar-refractivity contribution in [3.63, 3.8) is 0 Å². The summed E-state index contributed by atoms with van der Waals surface area (Å²) in [6.07, 6.45) is 0.0398. The molecule has 0 nitrogen and oxygen atoms in total. The van der Waals surface area contributed by atoms with Gasteiger partial charge < -0.3 is 12.9 Å². The van der Waals surface area contributed by atoms with Crippen LogP contribution in [0.1, 0.15) is 25.8 Å². The Labute approximate surface area is 141 Å². The van der Waals surface area contributed by atoms with Gasteiger partial charge in [-0.2, -0.15) is 0 Å².